The van der Waals surface area contributed by atoms with Gasteiger partial charge in [0, 0.05) is 26.2 Å². The van der Waals surface area contributed by atoms with Crippen molar-refractivity contribution in [3.8, 4) is 0 Å². The fraction of sp³-hybridized carbons (Fsp3) is 0.889. The predicted octanol–water partition coefficient (Wildman–Crippen LogP) is -0.465. The predicted molar refractivity (Wildman–Crippen MR) is 61.5 cm³/mol. The van der Waals surface area contributed by atoms with E-state index in [0.29, 0.717) is 4.99 Å². The van der Waals surface area contributed by atoms with Crippen LogP contribution in [0.4, 0.5) is 0 Å². The van der Waals surface area contributed by atoms with E-state index >= 15 is 0 Å². The van der Waals surface area contributed by atoms with Gasteiger partial charge in [-0.25, -0.2) is 0 Å². The zero-order valence-electron chi connectivity index (χ0n) is 8.90. The van der Waals surface area contributed by atoms with Gasteiger partial charge in [0.1, 0.15) is 11.1 Å². The highest BCUT2D eigenvalue weighted by Crippen LogP contribution is 2.04. The van der Waals surface area contributed by atoms with Crippen LogP contribution in [0.5, 0.6) is 0 Å². The molecular weight excluding hydrogens is 198 g/mol. The number of thiocarbonyl (C=S) groups is 1. The summed E-state index contributed by atoms with van der Waals surface area (Å²) in [5.41, 5.74) is 5.55. The largest absolute Gasteiger partial charge is 0.391 e. The minimum Gasteiger partial charge on any atom is -0.391 e. The summed E-state index contributed by atoms with van der Waals surface area (Å²) < 4.78 is 5.45. The van der Waals surface area contributed by atoms with Crippen molar-refractivity contribution in [1.82, 2.24) is 9.80 Å². The van der Waals surface area contributed by atoms with Crippen molar-refractivity contribution in [1.29, 1.82) is 0 Å². The monoisotopic (exact) mass is 217 g/mol. The van der Waals surface area contributed by atoms with Gasteiger partial charge >= 0.3 is 0 Å². The molecule has 0 aromatic heterocycles. The Bertz CT molecular complexity index is 198. The van der Waals surface area contributed by atoms with Crippen LogP contribution in [0.25, 0.3) is 0 Å². The highest BCUT2D eigenvalue weighted by atomic mass is 32.1. The lowest BCUT2D eigenvalue weighted by atomic mass is 10.2. The van der Waals surface area contributed by atoms with Crippen LogP contribution in [0.15, 0.2) is 0 Å². The van der Waals surface area contributed by atoms with Crippen LogP contribution in [-0.4, -0.2) is 67.8 Å². The third-order valence-corrected chi connectivity index (χ3v) is 2.59. The van der Waals surface area contributed by atoms with E-state index in [1.165, 1.54) is 0 Å². The van der Waals surface area contributed by atoms with Crippen LogP contribution < -0.4 is 5.73 Å². The Morgan fingerprint density at radius 1 is 1.64 bits per heavy atom. The van der Waals surface area contributed by atoms with E-state index in [0.717, 1.165) is 32.8 Å². The normalized spacial score (nSPS) is 24.1. The minimum atomic E-state index is -0.0547. The van der Waals surface area contributed by atoms with Crippen molar-refractivity contribution < 1.29 is 4.74 Å². The lowest BCUT2D eigenvalue weighted by molar-refractivity contribution is 0.00543. The number of ether oxygens (including phenoxy) is 1. The lowest BCUT2D eigenvalue weighted by Crippen LogP contribution is -2.49. The van der Waals surface area contributed by atoms with Gasteiger partial charge in [0.2, 0.25) is 0 Å². The first-order valence-electron chi connectivity index (χ1n) is 4.87. The number of likely N-dealkylation sites (N-methyl/N-ethyl adjacent to an activating group) is 1. The molecule has 1 heterocycles. The van der Waals surface area contributed by atoms with Crippen molar-refractivity contribution in [3.05, 3.63) is 0 Å². The molecule has 0 bridgehead atoms. The molecule has 0 radical (unpaired) electrons. The minimum absolute atomic E-state index is 0.0547. The van der Waals surface area contributed by atoms with E-state index < -0.39 is 0 Å². The highest BCUT2D eigenvalue weighted by molar-refractivity contribution is 7.80. The molecule has 0 saturated carbocycles. The van der Waals surface area contributed by atoms with Crippen LogP contribution >= 0.6 is 12.2 Å². The molecule has 1 fully saturated rings. The standard InChI is InChI=1S/C9H19N3OS/c1-11(2)3-4-12-5-6-13-8(7-12)9(10)14/h8H,3-7H2,1-2H3,(H2,10,14). The summed E-state index contributed by atoms with van der Waals surface area (Å²) in [6.45, 7) is 4.66. The second kappa shape index (κ2) is 5.60. The van der Waals surface area contributed by atoms with Crippen molar-refractivity contribution in [2.75, 3.05) is 46.9 Å². The number of hydrogen-bond donors (Lipinski definition) is 1. The molecule has 1 rings (SSSR count). The molecular formula is C9H19N3OS. The molecule has 1 unspecified atom stereocenters. The summed E-state index contributed by atoms with van der Waals surface area (Å²) in [6, 6.07) is 0. The maximum absolute atomic E-state index is 5.55. The number of nitrogens with two attached hydrogens (primary N) is 1. The summed E-state index contributed by atoms with van der Waals surface area (Å²) in [5, 5.41) is 0. The average Bonchev–Trinajstić information content (AvgIpc) is 2.15. The third kappa shape index (κ3) is 3.88. The zero-order chi connectivity index (χ0) is 10.6. The van der Waals surface area contributed by atoms with E-state index in [1.54, 1.807) is 0 Å². The maximum atomic E-state index is 5.55. The number of morpholine rings is 1. The molecule has 1 atom stereocenters. The van der Waals surface area contributed by atoms with E-state index in [9.17, 15) is 0 Å². The Labute approximate surface area is 91.0 Å². The van der Waals surface area contributed by atoms with Gasteiger partial charge in [-0.3, -0.25) is 4.90 Å². The first kappa shape index (κ1) is 11.8. The van der Waals surface area contributed by atoms with Gasteiger partial charge in [0.05, 0.1) is 6.61 Å². The van der Waals surface area contributed by atoms with E-state index in [4.69, 9.17) is 22.7 Å². The third-order valence-electron chi connectivity index (χ3n) is 2.33. The van der Waals surface area contributed by atoms with Crippen LogP contribution in [-0.2, 0) is 4.74 Å². The molecule has 1 saturated heterocycles. The van der Waals surface area contributed by atoms with Crippen LogP contribution in [0.1, 0.15) is 0 Å². The van der Waals surface area contributed by atoms with Gasteiger partial charge in [-0.1, -0.05) is 12.2 Å². The summed E-state index contributed by atoms with van der Waals surface area (Å²) in [7, 11) is 4.15. The van der Waals surface area contributed by atoms with Gasteiger partial charge < -0.3 is 15.4 Å². The zero-order valence-corrected chi connectivity index (χ0v) is 9.72. The molecule has 1 aliphatic rings. The Hall–Kier alpha value is -0.230. The first-order valence-corrected chi connectivity index (χ1v) is 5.28. The quantitative estimate of drug-likeness (QED) is 0.645. The molecule has 82 valence electrons. The Morgan fingerprint density at radius 2 is 2.36 bits per heavy atom. The van der Waals surface area contributed by atoms with Crippen LogP contribution in [0.2, 0.25) is 0 Å². The first-order chi connectivity index (χ1) is 6.59. The van der Waals surface area contributed by atoms with Crippen molar-refractivity contribution in [2.45, 2.75) is 6.10 Å². The summed E-state index contributed by atoms with van der Waals surface area (Å²) in [5.74, 6) is 0. The molecule has 5 heteroatoms. The molecule has 1 aliphatic heterocycles. The summed E-state index contributed by atoms with van der Waals surface area (Å²) in [6.07, 6.45) is -0.0547. The molecule has 4 nitrogen and oxygen atoms in total. The summed E-state index contributed by atoms with van der Waals surface area (Å²) in [4.78, 5) is 4.98. The van der Waals surface area contributed by atoms with E-state index in [-0.39, 0.29) is 6.10 Å². The van der Waals surface area contributed by atoms with Gasteiger partial charge in [0.25, 0.3) is 0 Å². The second-order valence-electron chi connectivity index (χ2n) is 3.87. The number of rotatable bonds is 4. The molecule has 0 amide bonds. The second-order valence-corrected chi connectivity index (χ2v) is 4.34. The number of nitrogens with zero attached hydrogens (tertiary/aromatic N) is 2. The fourth-order valence-electron chi connectivity index (χ4n) is 1.42. The van der Waals surface area contributed by atoms with Gasteiger partial charge in [-0.2, -0.15) is 0 Å². The molecule has 0 spiro atoms. The van der Waals surface area contributed by atoms with Gasteiger partial charge in [-0.15, -0.1) is 0 Å². The van der Waals surface area contributed by atoms with Gasteiger partial charge in [0.15, 0.2) is 0 Å². The topological polar surface area (TPSA) is 41.7 Å². The van der Waals surface area contributed by atoms with Crippen LogP contribution in [0.3, 0.4) is 0 Å². The average molecular weight is 217 g/mol. The van der Waals surface area contributed by atoms with E-state index in [2.05, 4.69) is 23.9 Å². The Balaban J connectivity index is 2.29. The molecule has 0 aliphatic carbocycles. The molecule has 2 N–H and O–H groups in total. The molecule has 0 aromatic rings. The Kier molecular flexibility index (Phi) is 4.74. The number of hydrogen-bond acceptors (Lipinski definition) is 4. The summed E-state index contributed by atoms with van der Waals surface area (Å²) >= 11 is 4.92. The van der Waals surface area contributed by atoms with Crippen molar-refractivity contribution in [3.63, 3.8) is 0 Å². The fourth-order valence-corrected chi connectivity index (χ4v) is 1.56. The highest BCUT2D eigenvalue weighted by Gasteiger charge is 2.21. The molecule has 14 heavy (non-hydrogen) atoms. The lowest BCUT2D eigenvalue weighted by Gasteiger charge is -2.32. The van der Waals surface area contributed by atoms with Crippen molar-refractivity contribution in [2.24, 2.45) is 5.73 Å². The van der Waals surface area contributed by atoms with Gasteiger partial charge in [-0.05, 0) is 14.1 Å². The molecule has 0 aromatic carbocycles. The Morgan fingerprint density at radius 3 is 2.93 bits per heavy atom. The van der Waals surface area contributed by atoms with Crippen molar-refractivity contribution >= 4 is 17.2 Å². The van der Waals surface area contributed by atoms with E-state index in [1.807, 2.05) is 0 Å². The maximum Gasteiger partial charge on any atom is 0.120 e. The van der Waals surface area contributed by atoms with Crippen LogP contribution in [0, 0.1) is 0 Å². The smallest absolute Gasteiger partial charge is 0.120 e. The SMILES string of the molecule is CN(C)CCN1CCOC(C(N)=S)C1.